The van der Waals surface area contributed by atoms with Crippen LogP contribution >= 0.6 is 0 Å². The van der Waals surface area contributed by atoms with Gasteiger partial charge in [0.15, 0.2) is 0 Å². The van der Waals surface area contributed by atoms with Crippen molar-refractivity contribution in [3.8, 4) is 0 Å². The van der Waals surface area contributed by atoms with Crippen LogP contribution in [0.2, 0.25) is 0 Å². The van der Waals surface area contributed by atoms with Crippen molar-refractivity contribution < 1.29 is 14.3 Å². The van der Waals surface area contributed by atoms with Crippen molar-refractivity contribution in [3.63, 3.8) is 0 Å². The number of carboxylic acids is 1. The van der Waals surface area contributed by atoms with Gasteiger partial charge in [-0.1, -0.05) is 19.9 Å². The first-order valence-electron chi connectivity index (χ1n) is 5.02. The molecule has 0 aliphatic rings. The van der Waals surface area contributed by atoms with E-state index < -0.39 is 11.8 Å². The fourth-order valence-electron chi connectivity index (χ4n) is 1.35. The molecule has 0 unspecified atom stereocenters. The van der Waals surface area contributed by atoms with E-state index in [1.54, 1.807) is 6.07 Å². The van der Waals surface area contributed by atoms with Crippen LogP contribution in [-0.4, -0.2) is 11.1 Å². The molecule has 0 atom stereocenters. The summed E-state index contributed by atoms with van der Waals surface area (Å²) in [6, 6.07) is 4.28. The molecule has 1 aromatic rings. The van der Waals surface area contributed by atoms with E-state index in [4.69, 9.17) is 5.11 Å². The molecule has 0 aliphatic carbocycles. The maximum Gasteiger partial charge on any atom is 0.338 e. The third-order valence-electron chi connectivity index (χ3n) is 2.27. The van der Waals surface area contributed by atoms with E-state index in [1.165, 1.54) is 12.1 Å². The quantitative estimate of drug-likeness (QED) is 0.829. The number of benzene rings is 1. The summed E-state index contributed by atoms with van der Waals surface area (Å²) in [5.74, 6) is -1.32. The molecule has 2 nitrogen and oxygen atoms in total. The molecule has 0 aliphatic heterocycles. The van der Waals surface area contributed by atoms with Gasteiger partial charge in [-0.2, -0.15) is 0 Å². The van der Waals surface area contributed by atoms with Gasteiger partial charge in [-0.3, -0.25) is 0 Å². The van der Waals surface area contributed by atoms with Gasteiger partial charge in [0.1, 0.15) is 5.82 Å². The predicted molar refractivity (Wildman–Crippen MR) is 56.5 cm³/mol. The van der Waals surface area contributed by atoms with Gasteiger partial charge >= 0.3 is 5.97 Å². The minimum Gasteiger partial charge on any atom is -0.478 e. The Morgan fingerprint density at radius 2 is 2.13 bits per heavy atom. The van der Waals surface area contributed by atoms with E-state index in [-0.39, 0.29) is 5.56 Å². The van der Waals surface area contributed by atoms with E-state index in [0.717, 1.165) is 18.4 Å². The maximum absolute atomic E-state index is 13.0. The number of aryl methyl sites for hydroxylation is 1. The van der Waals surface area contributed by atoms with Crippen LogP contribution in [0.1, 0.15) is 36.2 Å². The Morgan fingerprint density at radius 1 is 1.47 bits per heavy atom. The third-order valence-corrected chi connectivity index (χ3v) is 2.27. The predicted octanol–water partition coefficient (Wildman–Crippen LogP) is 3.11. The van der Waals surface area contributed by atoms with Gasteiger partial charge in [-0.15, -0.1) is 0 Å². The second-order valence-electron chi connectivity index (χ2n) is 4.05. The van der Waals surface area contributed by atoms with Gasteiger partial charge in [0.25, 0.3) is 0 Å². The lowest BCUT2D eigenvalue weighted by atomic mass is 10.0. The number of rotatable bonds is 4. The lowest BCUT2D eigenvalue weighted by Gasteiger charge is -2.06. The Labute approximate surface area is 88.7 Å². The van der Waals surface area contributed by atoms with Crippen LogP contribution in [0.3, 0.4) is 0 Å². The summed E-state index contributed by atoms with van der Waals surface area (Å²) in [5, 5.41) is 8.73. The zero-order chi connectivity index (χ0) is 11.4. The molecule has 82 valence electrons. The van der Waals surface area contributed by atoms with Gasteiger partial charge in [-0.05, 0) is 36.5 Å². The van der Waals surface area contributed by atoms with Gasteiger partial charge in [0, 0.05) is 0 Å². The topological polar surface area (TPSA) is 37.3 Å². The summed E-state index contributed by atoms with van der Waals surface area (Å²) < 4.78 is 13.0. The standard InChI is InChI=1S/C12H15FO2/c1-8(2)3-4-9-5-6-11(13)10(7-9)12(14)15/h5-8H,3-4H2,1-2H3,(H,14,15). The van der Waals surface area contributed by atoms with Gasteiger partial charge in [0.2, 0.25) is 0 Å². The molecule has 0 heterocycles. The maximum atomic E-state index is 13.0. The monoisotopic (exact) mass is 210 g/mol. The number of aromatic carboxylic acids is 1. The summed E-state index contributed by atoms with van der Waals surface area (Å²) in [5.41, 5.74) is 0.638. The van der Waals surface area contributed by atoms with Crippen LogP contribution in [0.25, 0.3) is 0 Å². The summed E-state index contributed by atoms with van der Waals surface area (Å²) in [7, 11) is 0. The van der Waals surface area contributed by atoms with Crippen molar-refractivity contribution in [1.29, 1.82) is 0 Å². The molecule has 0 fully saturated rings. The first-order valence-corrected chi connectivity index (χ1v) is 5.02. The van der Waals surface area contributed by atoms with E-state index in [0.29, 0.717) is 5.92 Å². The Morgan fingerprint density at radius 3 is 2.67 bits per heavy atom. The van der Waals surface area contributed by atoms with Gasteiger partial charge in [0.05, 0.1) is 5.56 Å². The number of halogens is 1. The average molecular weight is 210 g/mol. The molecule has 15 heavy (non-hydrogen) atoms. The fourth-order valence-corrected chi connectivity index (χ4v) is 1.35. The number of carboxylic acid groups (broad SMARTS) is 1. The van der Waals surface area contributed by atoms with Crippen molar-refractivity contribution in [2.75, 3.05) is 0 Å². The van der Waals surface area contributed by atoms with Crippen molar-refractivity contribution in [2.24, 2.45) is 5.92 Å². The number of carbonyl (C=O) groups is 1. The van der Waals surface area contributed by atoms with Gasteiger partial charge < -0.3 is 5.11 Å². The smallest absolute Gasteiger partial charge is 0.338 e. The lowest BCUT2D eigenvalue weighted by Crippen LogP contribution is -2.02. The molecule has 0 saturated heterocycles. The number of hydrogen-bond donors (Lipinski definition) is 1. The Bertz CT molecular complexity index is 359. The summed E-state index contributed by atoms with van der Waals surface area (Å²) in [6.07, 6.45) is 1.77. The van der Waals surface area contributed by atoms with Gasteiger partial charge in [-0.25, -0.2) is 9.18 Å². The van der Waals surface area contributed by atoms with Crippen molar-refractivity contribution in [1.82, 2.24) is 0 Å². The summed E-state index contributed by atoms with van der Waals surface area (Å²) >= 11 is 0. The highest BCUT2D eigenvalue weighted by Gasteiger charge is 2.10. The van der Waals surface area contributed by atoms with Crippen LogP contribution < -0.4 is 0 Å². The van der Waals surface area contributed by atoms with Crippen molar-refractivity contribution >= 4 is 5.97 Å². The van der Waals surface area contributed by atoms with Crippen LogP contribution in [-0.2, 0) is 6.42 Å². The second kappa shape index (κ2) is 4.91. The van der Waals surface area contributed by atoms with Crippen LogP contribution in [0.15, 0.2) is 18.2 Å². The van der Waals surface area contributed by atoms with E-state index >= 15 is 0 Å². The largest absolute Gasteiger partial charge is 0.478 e. The van der Waals surface area contributed by atoms with E-state index in [2.05, 4.69) is 13.8 Å². The van der Waals surface area contributed by atoms with Crippen LogP contribution in [0.4, 0.5) is 4.39 Å². The Kier molecular flexibility index (Phi) is 3.83. The molecule has 0 radical (unpaired) electrons. The molecule has 3 heteroatoms. The first-order chi connectivity index (χ1) is 7.00. The molecule has 1 rings (SSSR count). The lowest BCUT2D eigenvalue weighted by molar-refractivity contribution is 0.0691. The fraction of sp³-hybridized carbons (Fsp3) is 0.417. The first kappa shape index (κ1) is 11.7. The molecule has 0 amide bonds. The molecule has 1 aromatic carbocycles. The zero-order valence-electron chi connectivity index (χ0n) is 8.96. The highest BCUT2D eigenvalue weighted by atomic mass is 19.1. The summed E-state index contributed by atoms with van der Waals surface area (Å²) in [4.78, 5) is 10.7. The molecule has 0 spiro atoms. The van der Waals surface area contributed by atoms with E-state index in [1.807, 2.05) is 0 Å². The highest BCUT2D eigenvalue weighted by molar-refractivity contribution is 5.88. The number of hydrogen-bond acceptors (Lipinski definition) is 1. The molecule has 1 N–H and O–H groups in total. The normalized spacial score (nSPS) is 10.7. The molecule has 0 saturated carbocycles. The molecule has 0 aromatic heterocycles. The van der Waals surface area contributed by atoms with E-state index in [9.17, 15) is 9.18 Å². The van der Waals surface area contributed by atoms with Crippen LogP contribution in [0.5, 0.6) is 0 Å². The average Bonchev–Trinajstić information content (AvgIpc) is 2.16. The van der Waals surface area contributed by atoms with Crippen molar-refractivity contribution in [2.45, 2.75) is 26.7 Å². The molecular weight excluding hydrogens is 195 g/mol. The summed E-state index contributed by atoms with van der Waals surface area (Å²) in [6.45, 7) is 4.20. The Hall–Kier alpha value is -1.38. The molecule has 0 bridgehead atoms. The minimum absolute atomic E-state index is 0.240. The molecular formula is C12H15FO2. The second-order valence-corrected chi connectivity index (χ2v) is 4.05. The SMILES string of the molecule is CC(C)CCc1ccc(F)c(C(=O)O)c1. The van der Waals surface area contributed by atoms with Crippen molar-refractivity contribution in [3.05, 3.63) is 35.1 Å². The zero-order valence-corrected chi connectivity index (χ0v) is 8.96. The third kappa shape index (κ3) is 3.35. The minimum atomic E-state index is -1.21. The highest BCUT2D eigenvalue weighted by Crippen LogP contribution is 2.14. The van der Waals surface area contributed by atoms with Crippen LogP contribution in [0, 0.1) is 11.7 Å². The Balaban J connectivity index is 2.83.